The highest BCUT2D eigenvalue weighted by molar-refractivity contribution is 6.01. The van der Waals surface area contributed by atoms with Gasteiger partial charge >= 0.3 is 12.1 Å². The van der Waals surface area contributed by atoms with Gasteiger partial charge in [0.2, 0.25) is 0 Å². The molecule has 0 aliphatic rings. The summed E-state index contributed by atoms with van der Waals surface area (Å²) in [5.41, 5.74) is 6.67. The molecule has 0 bridgehead atoms. The number of pyridine rings is 1. The largest absolute Gasteiger partial charge is 0.494 e. The topological polar surface area (TPSA) is 114 Å². The number of carbonyl (C=O) groups excluding carboxylic acids is 2. The van der Waals surface area contributed by atoms with Gasteiger partial charge in [-0.15, -0.1) is 0 Å². The molecule has 4 aromatic carbocycles. The number of nitrogens with zero attached hydrogens (tertiary/aromatic N) is 1. The highest BCUT2D eigenvalue weighted by Crippen LogP contribution is 2.29. The second-order valence-electron chi connectivity index (χ2n) is 18.7. The van der Waals surface area contributed by atoms with E-state index in [2.05, 4.69) is 100 Å². The predicted octanol–water partition coefficient (Wildman–Crippen LogP) is 14.5. The molecule has 0 saturated heterocycles. The molecule has 1 heterocycles. The van der Waals surface area contributed by atoms with Crippen LogP contribution in [0.15, 0.2) is 103 Å². The van der Waals surface area contributed by atoms with E-state index in [-0.39, 0.29) is 22.9 Å². The van der Waals surface area contributed by atoms with Gasteiger partial charge in [0.15, 0.2) is 0 Å². The number of carbonyl (C=O) groups is 2. The van der Waals surface area contributed by atoms with Crippen LogP contribution in [0.25, 0.3) is 0 Å². The zero-order valence-corrected chi connectivity index (χ0v) is 40.4. The first-order chi connectivity index (χ1) is 31.7. The number of rotatable bonds is 18. The Labute approximate surface area is 394 Å². The van der Waals surface area contributed by atoms with Gasteiger partial charge < -0.3 is 30.7 Å². The maximum absolute atomic E-state index is 13.3. The average Bonchev–Trinajstić information content (AvgIpc) is 3.28. The van der Waals surface area contributed by atoms with Gasteiger partial charge in [-0.05, 0) is 132 Å². The van der Waals surface area contributed by atoms with E-state index in [0.717, 1.165) is 48.3 Å². The molecule has 1 aromatic heterocycles. The lowest BCUT2D eigenvalue weighted by Gasteiger charge is -2.20. The minimum absolute atomic E-state index is 0.142. The molecule has 66 heavy (non-hydrogen) atoms. The Hall–Kier alpha value is -6.71. The standard InChI is InChI=1S/C57H69N5O4/c1-9-11-13-15-17-38-65-50-32-28-48(29-33-50)59-54(63)61-52-36-24-44(56(3,4)5)40-42(52)22-26-46-20-19-21-47(58-46)27-23-43-41-45(57(6,7)8)25-37-53(43)62-55(64)60-49-30-34-51(35-31-49)66-39-18-16-14-12-10-2/h19-21,24-25,28-37,40-41H,9-18,38-39H2,1-8H3,(H2,59,61,63)(H2,60,62,64). The van der Waals surface area contributed by atoms with Crippen LogP contribution in [0.5, 0.6) is 11.5 Å². The maximum atomic E-state index is 13.3. The molecule has 0 fully saturated rings. The molecule has 9 heteroatoms. The van der Waals surface area contributed by atoms with E-state index >= 15 is 0 Å². The first kappa shape index (κ1) is 50.3. The molecule has 0 aliphatic carbocycles. The van der Waals surface area contributed by atoms with Crippen molar-refractivity contribution in [1.82, 2.24) is 4.98 Å². The number of urea groups is 2. The Morgan fingerprint density at radius 1 is 0.485 bits per heavy atom. The van der Waals surface area contributed by atoms with E-state index in [4.69, 9.17) is 14.5 Å². The SMILES string of the molecule is CCCCCCCOc1ccc(NC(=O)Nc2ccc(C(C)(C)C)cc2C#Cc2cccc(C#Cc3cc(C(C)(C)C)ccc3NC(=O)Nc3ccc(OCCCCCCC)cc3)n2)cc1. The zero-order valence-electron chi connectivity index (χ0n) is 40.4. The van der Waals surface area contributed by atoms with Gasteiger partial charge in [-0.2, -0.15) is 0 Å². The van der Waals surface area contributed by atoms with Crippen molar-refractivity contribution in [3.05, 3.63) is 137 Å². The summed E-state index contributed by atoms with van der Waals surface area (Å²) in [6, 6.07) is 31.4. The molecule has 0 saturated carbocycles. The third-order valence-corrected chi connectivity index (χ3v) is 10.9. The monoisotopic (exact) mass is 888 g/mol. The summed E-state index contributed by atoms with van der Waals surface area (Å²) >= 11 is 0. The van der Waals surface area contributed by atoms with Crippen LogP contribution in [0.2, 0.25) is 0 Å². The molecule has 0 radical (unpaired) electrons. The minimum Gasteiger partial charge on any atom is -0.494 e. The van der Waals surface area contributed by atoms with Crippen molar-refractivity contribution in [3.63, 3.8) is 0 Å². The van der Waals surface area contributed by atoms with Gasteiger partial charge in [0.05, 0.1) is 24.6 Å². The number of hydrogen-bond acceptors (Lipinski definition) is 5. The summed E-state index contributed by atoms with van der Waals surface area (Å²) in [6.07, 6.45) is 11.8. The van der Waals surface area contributed by atoms with Crippen molar-refractivity contribution in [2.75, 3.05) is 34.5 Å². The van der Waals surface area contributed by atoms with Crippen molar-refractivity contribution >= 4 is 34.8 Å². The van der Waals surface area contributed by atoms with Gasteiger partial charge in [0.1, 0.15) is 22.9 Å². The van der Waals surface area contributed by atoms with Gasteiger partial charge in [0, 0.05) is 22.5 Å². The van der Waals surface area contributed by atoms with Gasteiger partial charge in [-0.1, -0.05) is 137 Å². The highest BCUT2D eigenvalue weighted by atomic mass is 16.5. The third-order valence-electron chi connectivity index (χ3n) is 10.9. The second kappa shape index (κ2) is 25.1. The fourth-order valence-electron chi connectivity index (χ4n) is 6.91. The molecule has 4 N–H and O–H groups in total. The number of unbranched alkanes of at least 4 members (excludes halogenated alkanes) is 8. The number of anilines is 4. The molecule has 0 atom stereocenters. The summed E-state index contributed by atoms with van der Waals surface area (Å²) < 4.78 is 11.8. The predicted molar refractivity (Wildman–Crippen MR) is 273 cm³/mol. The molecular formula is C57H69N5O4. The second-order valence-corrected chi connectivity index (χ2v) is 18.7. The summed E-state index contributed by atoms with van der Waals surface area (Å²) in [6.45, 7) is 18.6. The van der Waals surface area contributed by atoms with Crippen molar-refractivity contribution in [2.24, 2.45) is 0 Å². The van der Waals surface area contributed by atoms with Crippen LogP contribution >= 0.6 is 0 Å². The number of hydrogen-bond donors (Lipinski definition) is 4. The molecule has 0 unspecified atom stereocenters. The zero-order chi connectivity index (χ0) is 47.4. The average molecular weight is 888 g/mol. The number of aromatic nitrogens is 1. The van der Waals surface area contributed by atoms with Crippen molar-refractivity contribution in [2.45, 2.75) is 130 Å². The van der Waals surface area contributed by atoms with Crippen molar-refractivity contribution < 1.29 is 19.1 Å². The Balaban J connectivity index is 1.28. The number of amides is 4. The first-order valence-corrected chi connectivity index (χ1v) is 23.6. The van der Waals surface area contributed by atoms with Crippen LogP contribution in [0, 0.1) is 23.7 Å². The lowest BCUT2D eigenvalue weighted by molar-refractivity contribution is 0.261. The van der Waals surface area contributed by atoms with Gasteiger partial charge in [0.25, 0.3) is 0 Å². The molecule has 4 amide bonds. The fraction of sp³-hybridized carbons (Fsp3) is 0.386. The Bertz CT molecular complexity index is 2310. The van der Waals surface area contributed by atoms with Gasteiger partial charge in [-0.3, -0.25) is 0 Å². The lowest BCUT2D eigenvalue weighted by Crippen LogP contribution is -2.20. The fourth-order valence-corrected chi connectivity index (χ4v) is 6.91. The molecule has 9 nitrogen and oxygen atoms in total. The summed E-state index contributed by atoms with van der Waals surface area (Å²) in [7, 11) is 0. The van der Waals surface area contributed by atoms with Crippen LogP contribution in [0.4, 0.5) is 32.3 Å². The summed E-state index contributed by atoms with van der Waals surface area (Å²) in [5, 5.41) is 11.8. The van der Waals surface area contributed by atoms with E-state index < -0.39 is 0 Å². The van der Waals surface area contributed by atoms with E-state index in [0.29, 0.717) is 58.5 Å². The molecule has 5 aromatic rings. The molecule has 0 aliphatic heterocycles. The summed E-state index contributed by atoms with van der Waals surface area (Å²) in [5.74, 6) is 14.5. The molecular weight excluding hydrogens is 819 g/mol. The van der Waals surface area contributed by atoms with E-state index in [1.807, 2.05) is 103 Å². The summed E-state index contributed by atoms with van der Waals surface area (Å²) in [4.78, 5) is 31.3. The van der Waals surface area contributed by atoms with Gasteiger partial charge in [-0.25, -0.2) is 14.6 Å². The molecule has 0 spiro atoms. The number of nitrogens with one attached hydrogen (secondary N) is 4. The van der Waals surface area contributed by atoms with Crippen molar-refractivity contribution in [3.8, 4) is 35.2 Å². The maximum Gasteiger partial charge on any atom is 0.323 e. The van der Waals surface area contributed by atoms with E-state index in [9.17, 15) is 9.59 Å². The van der Waals surface area contributed by atoms with Crippen LogP contribution < -0.4 is 30.7 Å². The molecule has 5 rings (SSSR count). The lowest BCUT2D eigenvalue weighted by atomic mass is 9.86. The van der Waals surface area contributed by atoms with E-state index in [1.165, 1.54) is 38.5 Å². The Morgan fingerprint density at radius 2 is 0.879 bits per heavy atom. The quantitative estimate of drug-likeness (QED) is 0.0517. The first-order valence-electron chi connectivity index (χ1n) is 23.6. The van der Waals surface area contributed by atoms with E-state index in [1.54, 1.807) is 0 Å². The van der Waals surface area contributed by atoms with Crippen LogP contribution in [-0.4, -0.2) is 30.3 Å². The minimum atomic E-state index is -0.383. The smallest absolute Gasteiger partial charge is 0.323 e. The number of benzene rings is 4. The Morgan fingerprint density at radius 3 is 1.26 bits per heavy atom. The van der Waals surface area contributed by atoms with Crippen LogP contribution in [-0.2, 0) is 10.8 Å². The molecule has 346 valence electrons. The third kappa shape index (κ3) is 17.0. The van der Waals surface area contributed by atoms with Crippen LogP contribution in [0.1, 0.15) is 153 Å². The highest BCUT2D eigenvalue weighted by Gasteiger charge is 2.18. The number of ether oxygens (including phenoxy) is 2. The Kier molecular flexibility index (Phi) is 19.1. The van der Waals surface area contributed by atoms with Crippen molar-refractivity contribution in [1.29, 1.82) is 0 Å². The van der Waals surface area contributed by atoms with Crippen LogP contribution in [0.3, 0.4) is 0 Å². The normalized spacial score (nSPS) is 11.0.